The number of fused-ring (bicyclic) bond motifs is 2. The van der Waals surface area contributed by atoms with Gasteiger partial charge in [-0.05, 0) is 41.5 Å². The van der Waals surface area contributed by atoms with Crippen LogP contribution in [0.1, 0.15) is 5.56 Å². The summed E-state index contributed by atoms with van der Waals surface area (Å²) < 4.78 is 5.95. The average Bonchev–Trinajstić information content (AvgIpc) is 3.32. The Morgan fingerprint density at radius 1 is 0.824 bits per heavy atom. The molecular formula is C26H21N7O. The highest BCUT2D eigenvalue weighted by atomic mass is 16.4. The highest BCUT2D eigenvalue weighted by molar-refractivity contribution is 5.94. The van der Waals surface area contributed by atoms with E-state index in [0.29, 0.717) is 11.6 Å². The van der Waals surface area contributed by atoms with Crippen LogP contribution in [0.25, 0.3) is 33.1 Å². The maximum absolute atomic E-state index is 9.54. The third-order valence-corrected chi connectivity index (χ3v) is 6.18. The molecule has 0 atom stereocenters. The third-order valence-electron chi connectivity index (χ3n) is 6.18. The van der Waals surface area contributed by atoms with Crippen molar-refractivity contribution in [3.63, 3.8) is 0 Å². The Hall–Kier alpha value is -4.64. The molecule has 8 nitrogen and oxygen atoms in total. The average molecular weight is 448 g/mol. The molecule has 0 amide bonds. The minimum Gasteiger partial charge on any atom is -0.423 e. The lowest BCUT2D eigenvalue weighted by molar-refractivity contribution is 0.541. The Kier molecular flexibility index (Phi) is 4.73. The molecule has 0 bridgehead atoms. The molecule has 2 N–H and O–H groups in total. The van der Waals surface area contributed by atoms with Crippen LogP contribution in [0.3, 0.4) is 0 Å². The van der Waals surface area contributed by atoms with Crippen molar-refractivity contribution in [2.75, 3.05) is 41.7 Å². The fraction of sp³-hybridized carbons (Fsp3) is 0.154. The monoisotopic (exact) mass is 447 g/mol. The summed E-state index contributed by atoms with van der Waals surface area (Å²) in [6.45, 7) is 2.97. The minimum absolute atomic E-state index is 0.244. The van der Waals surface area contributed by atoms with Crippen LogP contribution in [-0.2, 0) is 0 Å². The summed E-state index contributed by atoms with van der Waals surface area (Å²) in [7, 11) is 0. The van der Waals surface area contributed by atoms with Gasteiger partial charge in [0.25, 0.3) is 6.01 Å². The summed E-state index contributed by atoms with van der Waals surface area (Å²) >= 11 is 0. The molecule has 0 saturated carbocycles. The van der Waals surface area contributed by atoms with Crippen molar-refractivity contribution in [2.24, 2.45) is 0 Å². The van der Waals surface area contributed by atoms with Gasteiger partial charge in [0.05, 0.1) is 17.1 Å². The van der Waals surface area contributed by atoms with Gasteiger partial charge >= 0.3 is 0 Å². The zero-order chi connectivity index (χ0) is 23.1. The molecule has 3 heterocycles. The van der Waals surface area contributed by atoms with E-state index in [0.717, 1.165) is 65.1 Å². The first-order chi connectivity index (χ1) is 16.7. The maximum Gasteiger partial charge on any atom is 0.298 e. The summed E-state index contributed by atoms with van der Waals surface area (Å²) in [4.78, 5) is 18.0. The molecule has 2 aromatic heterocycles. The predicted octanol–water partition coefficient (Wildman–Crippen LogP) is 4.22. The summed E-state index contributed by atoms with van der Waals surface area (Å²) in [6, 6.07) is 24.3. The van der Waals surface area contributed by atoms with Crippen molar-refractivity contribution >= 4 is 39.8 Å². The number of oxazole rings is 1. The van der Waals surface area contributed by atoms with Gasteiger partial charge in [0.15, 0.2) is 5.58 Å². The van der Waals surface area contributed by atoms with E-state index in [9.17, 15) is 5.26 Å². The van der Waals surface area contributed by atoms with Crippen LogP contribution in [0.5, 0.6) is 0 Å². The molecule has 5 aromatic rings. The highest BCUT2D eigenvalue weighted by Crippen LogP contribution is 2.32. The van der Waals surface area contributed by atoms with E-state index < -0.39 is 0 Å². The Labute approximate surface area is 195 Å². The molecule has 8 heteroatoms. The zero-order valence-corrected chi connectivity index (χ0v) is 18.3. The van der Waals surface area contributed by atoms with Crippen LogP contribution in [0.2, 0.25) is 0 Å². The number of anilines is 3. The second kappa shape index (κ2) is 8.05. The van der Waals surface area contributed by atoms with E-state index in [-0.39, 0.29) is 5.95 Å². The second-order valence-electron chi connectivity index (χ2n) is 8.23. The molecule has 0 radical (unpaired) electrons. The lowest BCUT2D eigenvalue weighted by Crippen LogP contribution is -2.47. The molecule has 1 fully saturated rings. The molecule has 0 aliphatic carbocycles. The molecule has 6 rings (SSSR count). The van der Waals surface area contributed by atoms with Crippen molar-refractivity contribution in [3.8, 4) is 17.2 Å². The second-order valence-corrected chi connectivity index (χ2v) is 8.23. The number of hydrogen-bond donors (Lipinski definition) is 1. The van der Waals surface area contributed by atoms with Crippen LogP contribution in [0, 0.1) is 11.3 Å². The first kappa shape index (κ1) is 20.0. The molecule has 0 unspecified atom stereocenters. The topological polar surface area (TPSA) is 108 Å². The maximum atomic E-state index is 9.54. The highest BCUT2D eigenvalue weighted by Gasteiger charge is 2.24. The molecule has 166 valence electrons. The minimum atomic E-state index is 0.244. The van der Waals surface area contributed by atoms with Crippen molar-refractivity contribution in [2.45, 2.75) is 0 Å². The number of para-hydroxylation sites is 2. The smallest absolute Gasteiger partial charge is 0.298 e. The number of nitrogens with zero attached hydrogens (tertiary/aromatic N) is 6. The van der Waals surface area contributed by atoms with Crippen LogP contribution in [0.15, 0.2) is 71.1 Å². The lowest BCUT2D eigenvalue weighted by atomic mass is 9.99. The van der Waals surface area contributed by atoms with E-state index in [1.54, 1.807) is 0 Å². The van der Waals surface area contributed by atoms with Gasteiger partial charge in [0, 0.05) is 31.6 Å². The molecule has 3 aromatic carbocycles. The summed E-state index contributed by atoms with van der Waals surface area (Å²) in [6.07, 6.45) is 0. The molecule has 0 spiro atoms. The van der Waals surface area contributed by atoms with E-state index in [1.807, 2.05) is 66.7 Å². The Morgan fingerprint density at radius 2 is 1.59 bits per heavy atom. The van der Waals surface area contributed by atoms with Gasteiger partial charge in [0.1, 0.15) is 11.3 Å². The number of nitrogen functional groups attached to an aromatic ring is 1. The van der Waals surface area contributed by atoms with Gasteiger partial charge in [0.2, 0.25) is 5.95 Å². The van der Waals surface area contributed by atoms with Gasteiger partial charge in [-0.1, -0.05) is 36.4 Å². The van der Waals surface area contributed by atoms with Crippen LogP contribution in [-0.4, -0.2) is 41.1 Å². The summed E-state index contributed by atoms with van der Waals surface area (Å²) in [5.41, 5.74) is 11.0. The van der Waals surface area contributed by atoms with Crippen LogP contribution in [0.4, 0.5) is 17.8 Å². The van der Waals surface area contributed by atoms with Crippen molar-refractivity contribution in [1.82, 2.24) is 15.0 Å². The number of benzene rings is 3. The first-order valence-corrected chi connectivity index (χ1v) is 11.1. The number of piperazine rings is 1. The predicted molar refractivity (Wildman–Crippen MR) is 133 cm³/mol. The summed E-state index contributed by atoms with van der Waals surface area (Å²) in [5, 5.41) is 10.4. The normalized spacial score (nSPS) is 14.0. The quantitative estimate of drug-likeness (QED) is 0.438. The number of aromatic nitrogens is 3. The zero-order valence-electron chi connectivity index (χ0n) is 18.3. The fourth-order valence-corrected chi connectivity index (χ4v) is 4.48. The molecule has 1 saturated heterocycles. The van der Waals surface area contributed by atoms with Gasteiger partial charge < -0.3 is 20.0 Å². The van der Waals surface area contributed by atoms with E-state index >= 15 is 0 Å². The largest absolute Gasteiger partial charge is 0.423 e. The number of hydrogen-bond acceptors (Lipinski definition) is 8. The Morgan fingerprint density at radius 3 is 2.41 bits per heavy atom. The molecule has 1 aliphatic heterocycles. The number of rotatable bonds is 3. The first-order valence-electron chi connectivity index (χ1n) is 11.1. The van der Waals surface area contributed by atoms with Gasteiger partial charge in [-0.15, -0.1) is 0 Å². The number of nitrogens with two attached hydrogens (primary N) is 1. The third kappa shape index (κ3) is 3.44. The van der Waals surface area contributed by atoms with Gasteiger partial charge in [-0.25, -0.2) is 4.98 Å². The van der Waals surface area contributed by atoms with E-state index in [1.165, 1.54) is 0 Å². The van der Waals surface area contributed by atoms with E-state index in [2.05, 4.69) is 30.8 Å². The Balaban J connectivity index is 1.33. The fourth-order valence-electron chi connectivity index (χ4n) is 4.48. The van der Waals surface area contributed by atoms with Crippen LogP contribution < -0.4 is 15.5 Å². The van der Waals surface area contributed by atoms with Crippen molar-refractivity contribution in [1.29, 1.82) is 5.26 Å². The van der Waals surface area contributed by atoms with Crippen molar-refractivity contribution in [3.05, 3.63) is 72.3 Å². The van der Waals surface area contributed by atoms with Gasteiger partial charge in [-0.2, -0.15) is 15.2 Å². The summed E-state index contributed by atoms with van der Waals surface area (Å²) in [5.74, 6) is 1.05. The Bertz CT molecular complexity index is 1530. The molecule has 1 aliphatic rings. The SMILES string of the molecule is N#Cc1ccccc1-c1ccc2nc(N)nc(N3CCN(c4nc5ccccc5o4)CC3)c2c1. The standard InChI is InChI=1S/C26H21N7O/c27-16-18-5-1-2-6-19(18)17-9-10-21-20(15-17)24(31-25(28)29-21)32-11-13-33(14-12-32)26-30-22-7-3-4-8-23(22)34-26/h1-10,15H,11-14H2,(H2,28,29,31). The van der Waals surface area contributed by atoms with E-state index in [4.69, 9.17) is 10.2 Å². The number of nitriles is 1. The van der Waals surface area contributed by atoms with Crippen LogP contribution >= 0.6 is 0 Å². The van der Waals surface area contributed by atoms with Crippen molar-refractivity contribution < 1.29 is 4.42 Å². The lowest BCUT2D eigenvalue weighted by Gasteiger charge is -2.35. The molecular weight excluding hydrogens is 426 g/mol. The van der Waals surface area contributed by atoms with Gasteiger partial charge in [-0.3, -0.25) is 0 Å². The molecule has 34 heavy (non-hydrogen) atoms.